The first kappa shape index (κ1) is 22.2. The molecule has 0 heterocycles. The monoisotopic (exact) mass is 332 g/mol. The van der Waals surface area contributed by atoms with Crippen LogP contribution < -0.4 is 0 Å². The van der Waals surface area contributed by atoms with E-state index in [2.05, 4.69) is 12.6 Å². The van der Waals surface area contributed by atoms with Gasteiger partial charge in [-0.1, -0.05) is 64.0 Å². The quantitative estimate of drug-likeness (QED) is 0.344. The minimum absolute atomic E-state index is 0.0944. The molecule has 1 aliphatic rings. The molecule has 0 bridgehead atoms. The summed E-state index contributed by atoms with van der Waals surface area (Å²) < 4.78 is 12.9. The van der Waals surface area contributed by atoms with Gasteiger partial charge in [-0.25, -0.2) is 4.39 Å². The molecule has 1 saturated carbocycles. The molecule has 0 amide bonds. The molecule has 0 radical (unpaired) electrons. The van der Waals surface area contributed by atoms with Gasteiger partial charge >= 0.3 is 0 Å². The fourth-order valence-electron chi connectivity index (χ4n) is 2.60. The number of allylic oxidation sites excluding steroid dienone is 4. The van der Waals surface area contributed by atoms with E-state index < -0.39 is 0 Å². The Bertz CT molecular complexity index is 496. The van der Waals surface area contributed by atoms with E-state index in [9.17, 15) is 4.39 Å². The molecule has 1 aliphatic carbocycles. The molecule has 1 fully saturated rings. The fraction of sp³-hybridized carbons (Fsp3) is 0.455. The largest absolute Gasteiger partial charge is 0.508 e. The summed E-state index contributed by atoms with van der Waals surface area (Å²) in [6.07, 6.45) is 14.2. The first-order valence-corrected chi connectivity index (χ1v) is 9.05. The normalized spacial score (nSPS) is 15.1. The number of aliphatic hydroxyl groups is 1. The van der Waals surface area contributed by atoms with Gasteiger partial charge in [-0.05, 0) is 62.0 Å². The van der Waals surface area contributed by atoms with Gasteiger partial charge in [0.15, 0.2) is 0 Å². The van der Waals surface area contributed by atoms with Gasteiger partial charge in [0.2, 0.25) is 0 Å². The zero-order chi connectivity index (χ0) is 18.2. The molecule has 134 valence electrons. The van der Waals surface area contributed by atoms with E-state index in [-0.39, 0.29) is 11.6 Å². The van der Waals surface area contributed by atoms with Crippen molar-refractivity contribution in [2.75, 3.05) is 0 Å². The molecule has 0 aromatic heterocycles. The topological polar surface area (TPSA) is 20.2 Å². The Morgan fingerprint density at radius 2 is 1.92 bits per heavy atom. The van der Waals surface area contributed by atoms with E-state index in [1.54, 1.807) is 12.1 Å². The first-order chi connectivity index (χ1) is 11.7. The van der Waals surface area contributed by atoms with E-state index >= 15 is 0 Å². The molecule has 0 atom stereocenters. The highest BCUT2D eigenvalue weighted by atomic mass is 19.1. The zero-order valence-electron chi connectivity index (χ0n) is 15.5. The maximum atomic E-state index is 12.9. The summed E-state index contributed by atoms with van der Waals surface area (Å²) in [7, 11) is 0. The average molecular weight is 333 g/mol. The van der Waals surface area contributed by atoms with Crippen molar-refractivity contribution in [2.45, 2.75) is 65.2 Å². The number of halogens is 1. The molecule has 24 heavy (non-hydrogen) atoms. The smallest absolute Gasteiger partial charge is 0.123 e. The van der Waals surface area contributed by atoms with E-state index in [1.165, 1.54) is 49.8 Å². The van der Waals surface area contributed by atoms with Crippen molar-refractivity contribution in [3.05, 3.63) is 72.3 Å². The summed E-state index contributed by atoms with van der Waals surface area (Å²) in [5.41, 5.74) is 1.19. The number of aliphatic hydroxyl groups excluding tert-OH is 1. The summed E-state index contributed by atoms with van der Waals surface area (Å²) in [4.78, 5) is 0. The lowest BCUT2D eigenvalue weighted by Gasteiger charge is -2.21. The Kier molecular flexibility index (Phi) is 13.6. The predicted octanol–water partition coefficient (Wildman–Crippen LogP) is 7.48. The van der Waals surface area contributed by atoms with Crippen molar-refractivity contribution < 1.29 is 9.50 Å². The molecule has 0 aliphatic heterocycles. The average Bonchev–Trinajstić information content (AvgIpc) is 2.65. The second-order valence-electron chi connectivity index (χ2n) is 5.53. The van der Waals surface area contributed by atoms with E-state index in [1.807, 2.05) is 39.0 Å². The summed E-state index contributed by atoms with van der Waals surface area (Å²) in [5.74, 6) is 0.764. The van der Waals surface area contributed by atoms with Crippen LogP contribution in [0.25, 0.3) is 0 Å². The standard InChI is InChI=1S/C12H15F.C8H12O.C2H6/c13-12-8-4-7-11(9-12)10-5-2-1-3-6-10;1-3-5-6-7-8(9)4-2;1-2/h4,7-10H,1-3,5-6H2;3-5,7,9H,2,6H2,1H3;1-2H3/b;5-3-,8-7+;. The van der Waals surface area contributed by atoms with Crippen LogP contribution in [0.3, 0.4) is 0 Å². The Hall–Kier alpha value is -1.83. The predicted molar refractivity (Wildman–Crippen MR) is 104 cm³/mol. The van der Waals surface area contributed by atoms with Crippen LogP contribution in [0.5, 0.6) is 0 Å². The molecule has 2 rings (SSSR count). The van der Waals surface area contributed by atoms with E-state index in [0.717, 1.165) is 6.42 Å². The minimum Gasteiger partial charge on any atom is -0.508 e. The van der Waals surface area contributed by atoms with Crippen LogP contribution in [0.2, 0.25) is 0 Å². The van der Waals surface area contributed by atoms with Crippen molar-refractivity contribution in [2.24, 2.45) is 0 Å². The molecule has 1 nitrogen and oxygen atoms in total. The summed E-state index contributed by atoms with van der Waals surface area (Å²) in [6.45, 7) is 9.34. The van der Waals surface area contributed by atoms with Gasteiger partial charge in [-0.15, -0.1) is 0 Å². The molecule has 0 saturated heterocycles. The Balaban J connectivity index is 0.000000426. The van der Waals surface area contributed by atoms with Gasteiger partial charge in [-0.3, -0.25) is 0 Å². The van der Waals surface area contributed by atoms with Crippen molar-refractivity contribution in [1.29, 1.82) is 0 Å². The van der Waals surface area contributed by atoms with Crippen molar-refractivity contribution in [3.63, 3.8) is 0 Å². The highest BCUT2D eigenvalue weighted by Crippen LogP contribution is 2.32. The lowest BCUT2D eigenvalue weighted by Crippen LogP contribution is -2.04. The fourth-order valence-corrected chi connectivity index (χ4v) is 2.60. The van der Waals surface area contributed by atoms with Crippen LogP contribution in [0.15, 0.2) is 60.9 Å². The second kappa shape index (κ2) is 14.7. The number of rotatable bonds is 4. The summed E-state index contributed by atoms with van der Waals surface area (Å²) >= 11 is 0. The Labute approximate surface area is 147 Å². The SMILES string of the molecule is C=C/C(O)=C\C/C=C\C.CC.Fc1cccc(C2CCCCC2)c1. The number of hydrogen-bond acceptors (Lipinski definition) is 1. The minimum atomic E-state index is -0.0944. The highest BCUT2D eigenvalue weighted by molar-refractivity contribution is 5.20. The molecular weight excluding hydrogens is 299 g/mol. The number of benzene rings is 1. The van der Waals surface area contributed by atoms with Gasteiger partial charge < -0.3 is 5.11 Å². The Morgan fingerprint density at radius 3 is 2.46 bits per heavy atom. The van der Waals surface area contributed by atoms with Crippen LogP contribution in [0.4, 0.5) is 4.39 Å². The Morgan fingerprint density at radius 1 is 1.25 bits per heavy atom. The number of hydrogen-bond donors (Lipinski definition) is 1. The third-order valence-corrected chi connectivity index (χ3v) is 3.83. The molecule has 2 heteroatoms. The molecule has 1 aromatic rings. The third kappa shape index (κ3) is 10.0. The summed E-state index contributed by atoms with van der Waals surface area (Å²) in [5, 5.41) is 8.79. The van der Waals surface area contributed by atoms with Gasteiger partial charge in [0.05, 0.1) is 0 Å². The second-order valence-corrected chi connectivity index (χ2v) is 5.53. The van der Waals surface area contributed by atoms with Crippen LogP contribution in [-0.2, 0) is 0 Å². The van der Waals surface area contributed by atoms with Crippen LogP contribution in [0, 0.1) is 5.82 Å². The molecule has 1 N–H and O–H groups in total. The van der Waals surface area contributed by atoms with Gasteiger partial charge in [0.1, 0.15) is 11.6 Å². The van der Waals surface area contributed by atoms with Crippen molar-refractivity contribution >= 4 is 0 Å². The lowest BCUT2D eigenvalue weighted by molar-refractivity contribution is 0.431. The van der Waals surface area contributed by atoms with Crippen LogP contribution in [0.1, 0.15) is 70.8 Å². The lowest BCUT2D eigenvalue weighted by atomic mass is 9.84. The van der Waals surface area contributed by atoms with E-state index in [4.69, 9.17) is 5.11 Å². The molecule has 1 aromatic carbocycles. The molecule has 0 spiro atoms. The zero-order valence-corrected chi connectivity index (χ0v) is 15.5. The molecular formula is C22H33FO. The van der Waals surface area contributed by atoms with Gasteiger partial charge in [0.25, 0.3) is 0 Å². The molecule has 0 unspecified atom stereocenters. The van der Waals surface area contributed by atoms with Gasteiger partial charge in [0, 0.05) is 0 Å². The van der Waals surface area contributed by atoms with Crippen LogP contribution >= 0.6 is 0 Å². The van der Waals surface area contributed by atoms with Crippen LogP contribution in [-0.4, -0.2) is 5.11 Å². The third-order valence-electron chi connectivity index (χ3n) is 3.83. The van der Waals surface area contributed by atoms with Crippen molar-refractivity contribution in [3.8, 4) is 0 Å². The van der Waals surface area contributed by atoms with Crippen molar-refractivity contribution in [1.82, 2.24) is 0 Å². The maximum Gasteiger partial charge on any atom is 0.123 e. The van der Waals surface area contributed by atoms with E-state index in [0.29, 0.717) is 5.92 Å². The summed E-state index contributed by atoms with van der Waals surface area (Å²) in [6, 6.07) is 7.08. The van der Waals surface area contributed by atoms with Gasteiger partial charge in [-0.2, -0.15) is 0 Å². The highest BCUT2D eigenvalue weighted by Gasteiger charge is 2.15. The maximum absolute atomic E-state index is 12.9. The first-order valence-electron chi connectivity index (χ1n) is 9.05.